The summed E-state index contributed by atoms with van der Waals surface area (Å²) in [5.41, 5.74) is 1.78. The topological polar surface area (TPSA) is 51.1 Å². The van der Waals surface area contributed by atoms with Gasteiger partial charge in [-0.15, -0.1) is 0 Å². The largest absolute Gasteiger partial charge is 0.350 e. The standard InChI is InChI=1S/C17H13ClN2O2/c1-20-10-14(13-7-2-3-8-15(13)20)16(21)17(22)19-12-6-4-5-11(18)9-12/h2-10H,1H3,(H,19,22). The summed E-state index contributed by atoms with van der Waals surface area (Å²) in [4.78, 5) is 24.6. The van der Waals surface area contributed by atoms with Crippen molar-refractivity contribution in [2.45, 2.75) is 0 Å². The molecule has 3 rings (SSSR count). The highest BCUT2D eigenvalue weighted by molar-refractivity contribution is 6.48. The van der Waals surface area contributed by atoms with E-state index < -0.39 is 11.7 Å². The summed E-state index contributed by atoms with van der Waals surface area (Å²) in [5, 5.41) is 3.83. The number of nitrogens with zero attached hydrogens (tertiary/aromatic N) is 1. The molecule has 1 amide bonds. The zero-order chi connectivity index (χ0) is 15.7. The number of benzene rings is 2. The lowest BCUT2D eigenvalue weighted by atomic mass is 10.1. The molecular weight excluding hydrogens is 300 g/mol. The molecule has 0 aliphatic carbocycles. The smallest absolute Gasteiger partial charge is 0.296 e. The number of nitrogens with one attached hydrogen (secondary N) is 1. The van der Waals surface area contributed by atoms with Crippen molar-refractivity contribution in [3.8, 4) is 0 Å². The molecular formula is C17H13ClN2O2. The van der Waals surface area contributed by atoms with Gasteiger partial charge in [-0.2, -0.15) is 0 Å². The number of carbonyl (C=O) groups is 2. The molecule has 0 bridgehead atoms. The summed E-state index contributed by atoms with van der Waals surface area (Å²) in [6.07, 6.45) is 1.67. The van der Waals surface area contributed by atoms with Crippen LogP contribution < -0.4 is 5.32 Å². The Kier molecular flexibility index (Phi) is 3.69. The zero-order valence-electron chi connectivity index (χ0n) is 11.8. The molecule has 110 valence electrons. The van der Waals surface area contributed by atoms with Gasteiger partial charge >= 0.3 is 0 Å². The summed E-state index contributed by atoms with van der Waals surface area (Å²) in [6.45, 7) is 0. The second kappa shape index (κ2) is 5.66. The van der Waals surface area contributed by atoms with Crippen LogP contribution in [0.1, 0.15) is 10.4 Å². The van der Waals surface area contributed by atoms with E-state index in [1.807, 2.05) is 35.9 Å². The van der Waals surface area contributed by atoms with Crippen molar-refractivity contribution < 1.29 is 9.59 Å². The molecule has 0 atom stereocenters. The highest BCUT2D eigenvalue weighted by Crippen LogP contribution is 2.21. The average Bonchev–Trinajstić information content (AvgIpc) is 2.84. The van der Waals surface area contributed by atoms with Crippen LogP contribution in [0.2, 0.25) is 5.02 Å². The summed E-state index contributed by atoms with van der Waals surface area (Å²) < 4.78 is 1.83. The van der Waals surface area contributed by atoms with E-state index >= 15 is 0 Å². The molecule has 0 aliphatic rings. The van der Waals surface area contributed by atoms with Crippen molar-refractivity contribution in [2.75, 3.05) is 5.32 Å². The van der Waals surface area contributed by atoms with Gasteiger partial charge in [-0.1, -0.05) is 35.9 Å². The molecule has 4 nitrogen and oxygen atoms in total. The molecule has 1 heterocycles. The Balaban J connectivity index is 1.91. The van der Waals surface area contributed by atoms with Crippen LogP contribution in [0.4, 0.5) is 5.69 Å². The van der Waals surface area contributed by atoms with E-state index in [0.717, 1.165) is 10.9 Å². The Labute approximate surface area is 132 Å². The maximum absolute atomic E-state index is 12.4. The molecule has 22 heavy (non-hydrogen) atoms. The number of hydrogen-bond acceptors (Lipinski definition) is 2. The first kappa shape index (κ1) is 14.4. The number of aromatic nitrogens is 1. The van der Waals surface area contributed by atoms with E-state index in [2.05, 4.69) is 5.32 Å². The van der Waals surface area contributed by atoms with Crippen LogP contribution in [0.25, 0.3) is 10.9 Å². The number of hydrogen-bond donors (Lipinski definition) is 1. The van der Waals surface area contributed by atoms with Crippen LogP contribution in [0.5, 0.6) is 0 Å². The number of amides is 1. The Morgan fingerprint density at radius 1 is 1.09 bits per heavy atom. The number of Topliss-reactive ketones (excluding diaryl/α,β-unsaturated/α-hetero) is 1. The fourth-order valence-corrected chi connectivity index (χ4v) is 2.59. The maximum Gasteiger partial charge on any atom is 0.296 e. The zero-order valence-corrected chi connectivity index (χ0v) is 12.6. The molecule has 0 fully saturated rings. The Bertz CT molecular complexity index is 883. The highest BCUT2D eigenvalue weighted by Gasteiger charge is 2.20. The number of aryl methyl sites for hydroxylation is 1. The van der Waals surface area contributed by atoms with Crippen LogP contribution >= 0.6 is 11.6 Å². The van der Waals surface area contributed by atoms with Gasteiger partial charge < -0.3 is 9.88 Å². The van der Waals surface area contributed by atoms with Gasteiger partial charge in [-0.25, -0.2) is 0 Å². The first-order valence-electron chi connectivity index (χ1n) is 6.71. The van der Waals surface area contributed by atoms with Crippen molar-refractivity contribution in [1.29, 1.82) is 0 Å². The van der Waals surface area contributed by atoms with Crippen LogP contribution in [0.3, 0.4) is 0 Å². The third kappa shape index (κ3) is 2.61. The van der Waals surface area contributed by atoms with Crippen molar-refractivity contribution in [3.63, 3.8) is 0 Å². The Morgan fingerprint density at radius 3 is 2.64 bits per heavy atom. The summed E-state index contributed by atoms with van der Waals surface area (Å²) in [6, 6.07) is 14.1. The van der Waals surface area contributed by atoms with Crippen LogP contribution in [0.15, 0.2) is 54.7 Å². The van der Waals surface area contributed by atoms with E-state index in [0.29, 0.717) is 16.3 Å². The van der Waals surface area contributed by atoms with Crippen LogP contribution in [-0.2, 0) is 11.8 Å². The average molecular weight is 313 g/mol. The molecule has 0 spiro atoms. The lowest BCUT2D eigenvalue weighted by Gasteiger charge is -2.04. The molecule has 5 heteroatoms. The van der Waals surface area contributed by atoms with E-state index in [1.54, 1.807) is 30.5 Å². The number of ketones is 1. The normalized spacial score (nSPS) is 10.6. The monoisotopic (exact) mass is 312 g/mol. The Morgan fingerprint density at radius 2 is 1.86 bits per heavy atom. The van der Waals surface area contributed by atoms with E-state index in [4.69, 9.17) is 11.6 Å². The lowest BCUT2D eigenvalue weighted by molar-refractivity contribution is -0.112. The molecule has 1 aromatic heterocycles. The van der Waals surface area contributed by atoms with Gasteiger partial charge in [0.05, 0.1) is 5.56 Å². The molecule has 0 saturated carbocycles. The van der Waals surface area contributed by atoms with Gasteiger partial charge in [0.25, 0.3) is 11.7 Å². The fraction of sp³-hybridized carbons (Fsp3) is 0.0588. The number of fused-ring (bicyclic) bond motifs is 1. The maximum atomic E-state index is 12.4. The van der Waals surface area contributed by atoms with E-state index in [9.17, 15) is 9.59 Å². The highest BCUT2D eigenvalue weighted by atomic mass is 35.5. The number of carbonyl (C=O) groups excluding carboxylic acids is 2. The van der Waals surface area contributed by atoms with Gasteiger partial charge in [0.1, 0.15) is 0 Å². The first-order chi connectivity index (χ1) is 10.6. The molecule has 3 aromatic rings. The second-order valence-corrected chi connectivity index (χ2v) is 5.40. The van der Waals surface area contributed by atoms with E-state index in [-0.39, 0.29) is 0 Å². The number of rotatable bonds is 3. The van der Waals surface area contributed by atoms with Gasteiger partial charge in [0.2, 0.25) is 0 Å². The second-order valence-electron chi connectivity index (χ2n) is 4.96. The number of halogens is 1. The third-order valence-corrected chi connectivity index (χ3v) is 3.67. The van der Waals surface area contributed by atoms with Crippen molar-refractivity contribution in [1.82, 2.24) is 4.57 Å². The van der Waals surface area contributed by atoms with Gasteiger partial charge in [0.15, 0.2) is 0 Å². The van der Waals surface area contributed by atoms with Crippen LogP contribution in [0, 0.1) is 0 Å². The first-order valence-corrected chi connectivity index (χ1v) is 7.09. The Hall–Kier alpha value is -2.59. The number of anilines is 1. The predicted molar refractivity (Wildman–Crippen MR) is 87.3 cm³/mol. The summed E-state index contributed by atoms with van der Waals surface area (Å²) >= 11 is 5.87. The lowest BCUT2D eigenvalue weighted by Crippen LogP contribution is -2.22. The predicted octanol–water partition coefficient (Wildman–Crippen LogP) is 3.65. The fourth-order valence-electron chi connectivity index (χ4n) is 2.40. The number of para-hydroxylation sites is 1. The van der Waals surface area contributed by atoms with Gasteiger partial charge in [-0.05, 0) is 24.3 Å². The molecule has 2 aromatic carbocycles. The SMILES string of the molecule is Cn1cc(C(=O)C(=O)Nc2cccc(Cl)c2)c2ccccc21. The minimum atomic E-state index is -0.682. The summed E-state index contributed by atoms with van der Waals surface area (Å²) in [7, 11) is 1.84. The molecule has 0 unspecified atom stereocenters. The van der Waals surface area contributed by atoms with Crippen LogP contribution in [-0.4, -0.2) is 16.3 Å². The van der Waals surface area contributed by atoms with Crippen molar-refractivity contribution in [3.05, 3.63) is 65.3 Å². The minimum Gasteiger partial charge on any atom is -0.350 e. The van der Waals surface area contributed by atoms with Gasteiger partial charge in [-0.3, -0.25) is 9.59 Å². The third-order valence-electron chi connectivity index (χ3n) is 3.43. The molecule has 0 aliphatic heterocycles. The minimum absolute atomic E-state index is 0.387. The quantitative estimate of drug-likeness (QED) is 0.593. The van der Waals surface area contributed by atoms with Crippen molar-refractivity contribution >= 4 is 39.9 Å². The van der Waals surface area contributed by atoms with Gasteiger partial charge in [0, 0.05) is 34.9 Å². The van der Waals surface area contributed by atoms with Crippen molar-refractivity contribution in [2.24, 2.45) is 7.05 Å². The molecule has 1 N–H and O–H groups in total. The molecule has 0 saturated heterocycles. The summed E-state index contributed by atoms with van der Waals surface area (Å²) in [5.74, 6) is -1.25. The molecule has 0 radical (unpaired) electrons. The van der Waals surface area contributed by atoms with E-state index in [1.165, 1.54) is 0 Å².